The molecule has 1 aromatic rings. The Hall–Kier alpha value is -2.29. The van der Waals surface area contributed by atoms with Crippen LogP contribution in [0.2, 0.25) is 0 Å². The van der Waals surface area contributed by atoms with Gasteiger partial charge in [-0.1, -0.05) is 30.2 Å². The van der Waals surface area contributed by atoms with E-state index in [2.05, 4.69) is 26.0 Å². The summed E-state index contributed by atoms with van der Waals surface area (Å²) in [6.45, 7) is 8.19. The summed E-state index contributed by atoms with van der Waals surface area (Å²) in [4.78, 5) is 10.7. The van der Waals surface area contributed by atoms with E-state index in [9.17, 15) is 9.90 Å². The van der Waals surface area contributed by atoms with Crippen molar-refractivity contribution in [2.24, 2.45) is 0 Å². The number of phenols is 1. The molecule has 0 bridgehead atoms. The van der Waals surface area contributed by atoms with E-state index in [4.69, 9.17) is 5.11 Å². The van der Waals surface area contributed by atoms with E-state index in [0.29, 0.717) is 18.6 Å². The van der Waals surface area contributed by atoms with Crippen molar-refractivity contribution >= 4 is 12.0 Å². The summed E-state index contributed by atoms with van der Waals surface area (Å²) >= 11 is 0. The van der Waals surface area contributed by atoms with Gasteiger partial charge in [-0.25, -0.2) is 4.79 Å². The molecule has 0 amide bonds. The number of aliphatic carboxylic acids is 1. The minimum atomic E-state index is -0.979. The fourth-order valence-corrected chi connectivity index (χ4v) is 2.10. The van der Waals surface area contributed by atoms with E-state index < -0.39 is 5.97 Å². The van der Waals surface area contributed by atoms with E-state index in [1.54, 1.807) is 6.08 Å². The molecule has 0 aliphatic rings. The van der Waals surface area contributed by atoms with Gasteiger partial charge in [0.15, 0.2) is 0 Å². The van der Waals surface area contributed by atoms with Crippen molar-refractivity contribution in [3.05, 3.63) is 58.2 Å². The predicted molar refractivity (Wildman–Crippen MR) is 95.7 cm³/mol. The van der Waals surface area contributed by atoms with Gasteiger partial charge in [-0.15, -0.1) is 0 Å². The second-order valence-electron chi connectivity index (χ2n) is 5.95. The number of phenolic OH excluding ortho intramolecular Hbond substituents is 1. The lowest BCUT2D eigenvalue weighted by atomic mass is 9.98. The number of hydrogen-bond acceptors (Lipinski definition) is 2. The summed E-state index contributed by atoms with van der Waals surface area (Å²) in [7, 11) is 0. The molecule has 0 saturated carbocycles. The molecule has 0 aliphatic carbocycles. The molecule has 1 rings (SSSR count). The van der Waals surface area contributed by atoms with Crippen LogP contribution in [0.3, 0.4) is 0 Å². The Morgan fingerprint density at radius 3 is 2.13 bits per heavy atom. The third-order valence-corrected chi connectivity index (χ3v) is 3.67. The van der Waals surface area contributed by atoms with Crippen LogP contribution in [0.4, 0.5) is 0 Å². The van der Waals surface area contributed by atoms with Crippen LogP contribution in [0.1, 0.15) is 50.8 Å². The van der Waals surface area contributed by atoms with Crippen LogP contribution in [-0.2, 0) is 17.6 Å². The number of carbonyl (C=O) groups is 1. The molecule has 0 heterocycles. The van der Waals surface area contributed by atoms with Gasteiger partial charge >= 0.3 is 5.97 Å². The highest BCUT2D eigenvalue weighted by Crippen LogP contribution is 2.27. The maximum absolute atomic E-state index is 10.7. The predicted octanol–water partition coefficient (Wildman–Crippen LogP) is 4.90. The molecular formula is C20H26O3. The molecule has 23 heavy (non-hydrogen) atoms. The van der Waals surface area contributed by atoms with Crippen molar-refractivity contribution < 1.29 is 15.0 Å². The van der Waals surface area contributed by atoms with Crippen molar-refractivity contribution in [3.8, 4) is 5.75 Å². The Morgan fingerprint density at radius 1 is 1.09 bits per heavy atom. The monoisotopic (exact) mass is 314 g/mol. The average Bonchev–Trinajstić information content (AvgIpc) is 2.50. The van der Waals surface area contributed by atoms with Crippen LogP contribution in [0.15, 0.2) is 41.5 Å². The summed E-state index contributed by atoms with van der Waals surface area (Å²) in [6, 6.07) is 3.69. The minimum absolute atomic E-state index is 0.301. The summed E-state index contributed by atoms with van der Waals surface area (Å²) in [5, 5.41) is 19.3. The van der Waals surface area contributed by atoms with Gasteiger partial charge < -0.3 is 10.2 Å². The fourth-order valence-electron chi connectivity index (χ4n) is 2.10. The van der Waals surface area contributed by atoms with Crippen LogP contribution >= 0.6 is 0 Å². The highest BCUT2D eigenvalue weighted by Gasteiger charge is 2.08. The lowest BCUT2D eigenvalue weighted by Crippen LogP contribution is -1.94. The molecule has 0 spiro atoms. The van der Waals surface area contributed by atoms with E-state index in [1.807, 2.05) is 26.0 Å². The van der Waals surface area contributed by atoms with Crippen molar-refractivity contribution in [1.29, 1.82) is 0 Å². The van der Waals surface area contributed by atoms with Gasteiger partial charge in [-0.05, 0) is 74.9 Å². The summed E-state index contributed by atoms with van der Waals surface area (Å²) < 4.78 is 0. The zero-order valence-corrected chi connectivity index (χ0v) is 14.4. The lowest BCUT2D eigenvalue weighted by molar-refractivity contribution is -0.131. The minimum Gasteiger partial charge on any atom is -0.507 e. The number of rotatable bonds is 7. The quantitative estimate of drug-likeness (QED) is 0.556. The third-order valence-electron chi connectivity index (χ3n) is 3.67. The molecular weight excluding hydrogens is 288 g/mol. The van der Waals surface area contributed by atoms with Crippen LogP contribution in [0.5, 0.6) is 5.75 Å². The topological polar surface area (TPSA) is 57.5 Å². The first kappa shape index (κ1) is 18.8. The second kappa shape index (κ2) is 8.99. The number of hydrogen-bond donors (Lipinski definition) is 2. The lowest BCUT2D eigenvalue weighted by Gasteiger charge is -2.10. The first-order valence-electron chi connectivity index (χ1n) is 7.88. The van der Waals surface area contributed by atoms with E-state index >= 15 is 0 Å². The second-order valence-corrected chi connectivity index (χ2v) is 5.95. The Kier molecular flexibility index (Phi) is 7.33. The zero-order valence-electron chi connectivity index (χ0n) is 14.4. The molecule has 0 aliphatic heterocycles. The molecule has 2 N–H and O–H groups in total. The number of carboxylic acids is 1. The van der Waals surface area contributed by atoms with Gasteiger partial charge in [0.2, 0.25) is 0 Å². The molecule has 0 saturated heterocycles. The maximum atomic E-state index is 10.7. The molecule has 0 fully saturated rings. The average molecular weight is 314 g/mol. The standard InChI is InChI=1S/C20H26O3/c1-5-15(4)7-10-18-13-16(8-11-19(21)22)12-17(20(18)23)9-6-14(2)3/h6-8,11-13,23H,5,9-10H2,1-4H3,(H,21,22)/b11-8+,15-7+. The van der Waals surface area contributed by atoms with Gasteiger partial charge in [0.1, 0.15) is 5.75 Å². The first-order valence-corrected chi connectivity index (χ1v) is 7.88. The molecule has 1 aromatic carbocycles. The molecule has 3 heteroatoms. The van der Waals surface area contributed by atoms with E-state index in [-0.39, 0.29) is 0 Å². The van der Waals surface area contributed by atoms with Crippen molar-refractivity contribution in [1.82, 2.24) is 0 Å². The number of allylic oxidation sites excluding steroid dienone is 4. The number of carboxylic acid groups (broad SMARTS) is 1. The van der Waals surface area contributed by atoms with E-state index in [1.165, 1.54) is 11.1 Å². The molecule has 124 valence electrons. The molecule has 3 nitrogen and oxygen atoms in total. The maximum Gasteiger partial charge on any atom is 0.328 e. The highest BCUT2D eigenvalue weighted by molar-refractivity contribution is 5.85. The van der Waals surface area contributed by atoms with Gasteiger partial charge in [-0.3, -0.25) is 0 Å². The number of aromatic hydroxyl groups is 1. The Morgan fingerprint density at radius 2 is 1.65 bits per heavy atom. The van der Waals surface area contributed by atoms with Gasteiger partial charge in [0.05, 0.1) is 0 Å². The SMILES string of the molecule is CC/C(C)=C/Cc1cc(/C=C/C(=O)O)cc(CC=C(C)C)c1O. The largest absolute Gasteiger partial charge is 0.507 e. The van der Waals surface area contributed by atoms with Crippen LogP contribution in [0, 0.1) is 0 Å². The number of benzene rings is 1. The van der Waals surface area contributed by atoms with E-state index in [0.717, 1.165) is 29.2 Å². The summed E-state index contributed by atoms with van der Waals surface area (Å²) in [5.74, 6) is -0.678. The zero-order chi connectivity index (χ0) is 17.4. The Balaban J connectivity index is 3.25. The molecule has 0 atom stereocenters. The van der Waals surface area contributed by atoms with Crippen molar-refractivity contribution in [3.63, 3.8) is 0 Å². The smallest absolute Gasteiger partial charge is 0.328 e. The fraction of sp³-hybridized carbons (Fsp3) is 0.350. The van der Waals surface area contributed by atoms with Gasteiger partial charge in [0, 0.05) is 6.08 Å². The molecule has 0 aromatic heterocycles. The molecule has 0 radical (unpaired) electrons. The van der Waals surface area contributed by atoms with Gasteiger partial charge in [0.25, 0.3) is 0 Å². The summed E-state index contributed by atoms with van der Waals surface area (Å²) in [6.07, 6.45) is 9.08. The normalized spacial score (nSPS) is 11.7. The third kappa shape index (κ3) is 6.55. The van der Waals surface area contributed by atoms with Crippen molar-refractivity contribution in [2.75, 3.05) is 0 Å². The highest BCUT2D eigenvalue weighted by atomic mass is 16.4. The van der Waals surface area contributed by atoms with Gasteiger partial charge in [-0.2, -0.15) is 0 Å². The Bertz CT molecular complexity index is 645. The Labute approximate surface area is 138 Å². The van der Waals surface area contributed by atoms with Crippen LogP contribution < -0.4 is 0 Å². The van der Waals surface area contributed by atoms with Crippen LogP contribution in [-0.4, -0.2) is 16.2 Å². The summed E-state index contributed by atoms with van der Waals surface area (Å²) in [5.41, 5.74) is 4.87. The van der Waals surface area contributed by atoms with Crippen LogP contribution in [0.25, 0.3) is 6.08 Å². The first-order chi connectivity index (χ1) is 10.8. The molecule has 0 unspecified atom stereocenters. The van der Waals surface area contributed by atoms with Crippen molar-refractivity contribution in [2.45, 2.75) is 47.0 Å².